The second-order valence-corrected chi connectivity index (χ2v) is 4.31. The number of carbonyl (C=O) groups is 1. The van der Waals surface area contributed by atoms with Gasteiger partial charge in [-0.15, -0.1) is 0 Å². The molecule has 0 aromatic heterocycles. The highest BCUT2D eigenvalue weighted by molar-refractivity contribution is 5.92. The van der Waals surface area contributed by atoms with Gasteiger partial charge in [-0.1, -0.05) is 0 Å². The minimum atomic E-state index is -0.654. The van der Waals surface area contributed by atoms with Gasteiger partial charge in [-0.2, -0.15) is 0 Å². The quantitative estimate of drug-likeness (QED) is 0.851. The van der Waals surface area contributed by atoms with Crippen LogP contribution >= 0.6 is 0 Å². The topological polar surface area (TPSA) is 64.8 Å². The molecule has 104 valence electrons. The number of benzene rings is 1. The molecule has 0 spiro atoms. The van der Waals surface area contributed by atoms with Crippen molar-refractivity contribution in [2.45, 2.75) is 0 Å². The van der Waals surface area contributed by atoms with E-state index in [1.54, 1.807) is 0 Å². The number of nitrogens with two attached hydrogens (primary N) is 1. The summed E-state index contributed by atoms with van der Waals surface area (Å²) >= 11 is 0. The van der Waals surface area contributed by atoms with Gasteiger partial charge in [-0.25, -0.2) is 4.39 Å². The van der Waals surface area contributed by atoms with Crippen molar-refractivity contribution in [1.82, 2.24) is 4.90 Å². The average Bonchev–Trinajstić information content (AvgIpc) is 2.41. The molecule has 1 amide bonds. The van der Waals surface area contributed by atoms with Crippen LogP contribution in [0.5, 0.6) is 5.75 Å². The molecule has 19 heavy (non-hydrogen) atoms. The number of halogens is 1. The van der Waals surface area contributed by atoms with E-state index < -0.39 is 11.7 Å². The van der Waals surface area contributed by atoms with Crippen LogP contribution < -0.4 is 10.5 Å². The molecular weight excluding hydrogens is 251 g/mol. The van der Waals surface area contributed by atoms with Gasteiger partial charge in [0.2, 0.25) is 5.91 Å². The molecule has 1 fully saturated rings. The van der Waals surface area contributed by atoms with Gasteiger partial charge >= 0.3 is 0 Å². The van der Waals surface area contributed by atoms with Crippen LogP contribution in [0.25, 0.3) is 0 Å². The standard InChI is InChI=1S/C13H17FN2O3/c14-11-9-10(13(15)17)1-2-12(11)19-8-5-16-3-6-18-7-4-16/h1-2,9H,3-8H2,(H2,15,17). The van der Waals surface area contributed by atoms with E-state index in [1.807, 2.05) is 0 Å². The molecule has 0 atom stereocenters. The maximum absolute atomic E-state index is 13.6. The Bertz CT molecular complexity index is 448. The lowest BCUT2D eigenvalue weighted by atomic mass is 10.2. The summed E-state index contributed by atoms with van der Waals surface area (Å²) in [5.74, 6) is -1.09. The molecule has 1 aromatic rings. The lowest BCUT2D eigenvalue weighted by Gasteiger charge is -2.26. The molecule has 0 radical (unpaired) electrons. The SMILES string of the molecule is NC(=O)c1ccc(OCCN2CCOCC2)c(F)c1. The van der Waals surface area contributed by atoms with E-state index in [0.717, 1.165) is 38.9 Å². The number of ether oxygens (including phenoxy) is 2. The maximum atomic E-state index is 13.6. The van der Waals surface area contributed by atoms with Crippen LogP contribution in [0.3, 0.4) is 0 Å². The minimum absolute atomic E-state index is 0.137. The zero-order valence-electron chi connectivity index (χ0n) is 10.6. The van der Waals surface area contributed by atoms with E-state index >= 15 is 0 Å². The minimum Gasteiger partial charge on any atom is -0.489 e. The molecule has 6 heteroatoms. The number of amides is 1. The molecular formula is C13H17FN2O3. The molecule has 0 aliphatic carbocycles. The highest BCUT2D eigenvalue weighted by atomic mass is 19.1. The van der Waals surface area contributed by atoms with Crippen LogP contribution in [-0.2, 0) is 4.74 Å². The first-order chi connectivity index (χ1) is 9.16. The van der Waals surface area contributed by atoms with Crippen molar-refractivity contribution in [2.75, 3.05) is 39.5 Å². The Morgan fingerprint density at radius 2 is 2.16 bits per heavy atom. The third kappa shape index (κ3) is 3.90. The lowest BCUT2D eigenvalue weighted by molar-refractivity contribution is 0.0320. The van der Waals surface area contributed by atoms with Gasteiger partial charge in [0.25, 0.3) is 0 Å². The second-order valence-electron chi connectivity index (χ2n) is 4.31. The normalized spacial score (nSPS) is 16.3. The van der Waals surface area contributed by atoms with E-state index in [2.05, 4.69) is 4.90 Å². The first-order valence-electron chi connectivity index (χ1n) is 6.19. The van der Waals surface area contributed by atoms with E-state index in [9.17, 15) is 9.18 Å². The van der Waals surface area contributed by atoms with Gasteiger partial charge in [0.1, 0.15) is 6.61 Å². The van der Waals surface area contributed by atoms with Crippen molar-refractivity contribution >= 4 is 5.91 Å². The zero-order chi connectivity index (χ0) is 13.7. The average molecular weight is 268 g/mol. The third-order valence-corrected chi connectivity index (χ3v) is 2.99. The molecule has 2 N–H and O–H groups in total. The van der Waals surface area contributed by atoms with Crippen molar-refractivity contribution in [2.24, 2.45) is 5.73 Å². The van der Waals surface area contributed by atoms with Crippen molar-refractivity contribution < 1.29 is 18.7 Å². The van der Waals surface area contributed by atoms with E-state index in [0.29, 0.717) is 6.61 Å². The maximum Gasteiger partial charge on any atom is 0.248 e. The van der Waals surface area contributed by atoms with Crippen molar-refractivity contribution in [3.8, 4) is 5.75 Å². The summed E-state index contributed by atoms with van der Waals surface area (Å²) in [6, 6.07) is 3.97. The number of hydrogen-bond acceptors (Lipinski definition) is 4. The van der Waals surface area contributed by atoms with E-state index in [1.165, 1.54) is 12.1 Å². The highest BCUT2D eigenvalue weighted by Gasteiger charge is 2.11. The van der Waals surface area contributed by atoms with Crippen molar-refractivity contribution in [3.63, 3.8) is 0 Å². The highest BCUT2D eigenvalue weighted by Crippen LogP contribution is 2.18. The fourth-order valence-electron chi connectivity index (χ4n) is 1.88. The Labute approximate surface area is 111 Å². The van der Waals surface area contributed by atoms with Crippen molar-refractivity contribution in [3.05, 3.63) is 29.6 Å². The Kier molecular flexibility index (Phi) is 4.70. The number of morpholine rings is 1. The van der Waals surface area contributed by atoms with Crippen LogP contribution in [0, 0.1) is 5.82 Å². The van der Waals surface area contributed by atoms with Gasteiger partial charge in [-0.3, -0.25) is 9.69 Å². The number of carbonyl (C=O) groups excluding carboxylic acids is 1. The monoisotopic (exact) mass is 268 g/mol. The first kappa shape index (κ1) is 13.8. The first-order valence-corrected chi connectivity index (χ1v) is 6.19. The molecule has 1 aliphatic rings. The Morgan fingerprint density at radius 3 is 2.79 bits per heavy atom. The summed E-state index contributed by atoms with van der Waals surface area (Å²) in [5, 5.41) is 0. The predicted octanol–water partition coefficient (Wildman–Crippen LogP) is 0.636. The lowest BCUT2D eigenvalue weighted by Crippen LogP contribution is -2.38. The molecule has 0 unspecified atom stereocenters. The Balaban J connectivity index is 1.83. The van der Waals surface area contributed by atoms with Crippen LogP contribution in [0.15, 0.2) is 18.2 Å². The van der Waals surface area contributed by atoms with Gasteiger partial charge in [0, 0.05) is 25.2 Å². The third-order valence-electron chi connectivity index (χ3n) is 2.99. The molecule has 2 rings (SSSR count). The Hall–Kier alpha value is -1.66. The molecule has 1 heterocycles. The zero-order valence-corrected chi connectivity index (χ0v) is 10.6. The van der Waals surface area contributed by atoms with Gasteiger partial charge in [0.05, 0.1) is 13.2 Å². The van der Waals surface area contributed by atoms with E-state index in [4.69, 9.17) is 15.2 Å². The van der Waals surface area contributed by atoms with Crippen LogP contribution in [0.2, 0.25) is 0 Å². The summed E-state index contributed by atoms with van der Waals surface area (Å²) in [5.41, 5.74) is 5.20. The second kappa shape index (κ2) is 6.49. The van der Waals surface area contributed by atoms with Crippen molar-refractivity contribution in [1.29, 1.82) is 0 Å². The summed E-state index contributed by atoms with van der Waals surface area (Å²) in [6.45, 7) is 4.30. The van der Waals surface area contributed by atoms with Gasteiger partial charge < -0.3 is 15.2 Å². The van der Waals surface area contributed by atoms with Crippen LogP contribution in [-0.4, -0.2) is 50.3 Å². The van der Waals surface area contributed by atoms with Gasteiger partial charge in [-0.05, 0) is 18.2 Å². The fourth-order valence-corrected chi connectivity index (χ4v) is 1.88. The summed E-state index contributed by atoms with van der Waals surface area (Å²) in [7, 11) is 0. The molecule has 1 aliphatic heterocycles. The van der Waals surface area contributed by atoms with Crippen LogP contribution in [0.4, 0.5) is 4.39 Å². The van der Waals surface area contributed by atoms with E-state index in [-0.39, 0.29) is 11.3 Å². The van der Waals surface area contributed by atoms with Crippen LogP contribution in [0.1, 0.15) is 10.4 Å². The smallest absolute Gasteiger partial charge is 0.248 e. The number of nitrogens with zero attached hydrogens (tertiary/aromatic N) is 1. The molecule has 5 nitrogen and oxygen atoms in total. The largest absolute Gasteiger partial charge is 0.489 e. The number of rotatable bonds is 5. The molecule has 0 saturated carbocycles. The molecule has 0 bridgehead atoms. The summed E-state index contributed by atoms with van der Waals surface area (Å²) < 4.78 is 24.2. The number of hydrogen-bond donors (Lipinski definition) is 1. The van der Waals surface area contributed by atoms with Gasteiger partial charge in [0.15, 0.2) is 11.6 Å². The number of primary amides is 1. The predicted molar refractivity (Wildman–Crippen MR) is 67.7 cm³/mol. The summed E-state index contributed by atoms with van der Waals surface area (Å²) in [6.07, 6.45) is 0. The Morgan fingerprint density at radius 1 is 1.42 bits per heavy atom. The molecule has 1 saturated heterocycles. The molecule has 1 aromatic carbocycles. The fraction of sp³-hybridized carbons (Fsp3) is 0.462. The summed E-state index contributed by atoms with van der Waals surface area (Å²) in [4.78, 5) is 13.1.